The molecule has 0 radical (unpaired) electrons. The highest BCUT2D eigenvalue weighted by atomic mass is 35.5. The summed E-state index contributed by atoms with van der Waals surface area (Å²) in [5.41, 5.74) is 4.08. The second kappa shape index (κ2) is 10.4. The van der Waals surface area contributed by atoms with E-state index < -0.39 is 15.9 Å². The van der Waals surface area contributed by atoms with Crippen molar-refractivity contribution < 1.29 is 13.2 Å². The van der Waals surface area contributed by atoms with Crippen LogP contribution in [0.4, 0.5) is 5.69 Å². The Bertz CT molecular complexity index is 1300. The highest BCUT2D eigenvalue weighted by Gasteiger charge is 2.29. The molecule has 0 heterocycles. The van der Waals surface area contributed by atoms with E-state index in [2.05, 4.69) is 38.2 Å². The molecule has 35 heavy (non-hydrogen) atoms. The van der Waals surface area contributed by atoms with Gasteiger partial charge in [0.05, 0.1) is 16.6 Å². The molecular formula is C28H33ClN2O3S. The highest BCUT2D eigenvalue weighted by molar-refractivity contribution is 7.92. The third-order valence-corrected chi connectivity index (χ3v) is 8.24. The van der Waals surface area contributed by atoms with Gasteiger partial charge in [-0.15, -0.1) is 0 Å². The van der Waals surface area contributed by atoms with Crippen LogP contribution in [-0.2, 0) is 20.2 Å². The number of hydrogen-bond acceptors (Lipinski definition) is 3. The van der Waals surface area contributed by atoms with Gasteiger partial charge in [0.1, 0.15) is 6.54 Å². The lowest BCUT2D eigenvalue weighted by molar-refractivity contribution is -0.120. The van der Waals surface area contributed by atoms with Gasteiger partial charge in [0, 0.05) is 5.02 Å². The van der Waals surface area contributed by atoms with Crippen molar-refractivity contribution in [2.75, 3.05) is 10.8 Å². The molecule has 0 saturated carbocycles. The van der Waals surface area contributed by atoms with Crippen LogP contribution in [-0.4, -0.2) is 20.9 Å². The van der Waals surface area contributed by atoms with Gasteiger partial charge in [-0.05, 0) is 67.1 Å². The number of carbonyl (C=O) groups is 1. The van der Waals surface area contributed by atoms with Crippen LogP contribution in [0.5, 0.6) is 0 Å². The number of anilines is 1. The predicted octanol–water partition coefficient (Wildman–Crippen LogP) is 6.33. The Hall–Kier alpha value is -2.83. The van der Waals surface area contributed by atoms with E-state index in [-0.39, 0.29) is 22.9 Å². The van der Waals surface area contributed by atoms with Crippen molar-refractivity contribution in [1.82, 2.24) is 5.32 Å². The van der Waals surface area contributed by atoms with Crippen LogP contribution in [0.25, 0.3) is 0 Å². The van der Waals surface area contributed by atoms with E-state index in [1.165, 1.54) is 5.56 Å². The number of hydrogen-bond donors (Lipinski definition) is 1. The minimum atomic E-state index is -4.01. The van der Waals surface area contributed by atoms with E-state index in [1.807, 2.05) is 26.0 Å². The number of amides is 1. The number of nitrogens with zero attached hydrogens (tertiary/aromatic N) is 1. The zero-order valence-electron chi connectivity index (χ0n) is 21.1. The fourth-order valence-electron chi connectivity index (χ4n) is 3.78. The number of carbonyl (C=O) groups excluding carboxylic acids is 1. The van der Waals surface area contributed by atoms with Gasteiger partial charge < -0.3 is 5.32 Å². The van der Waals surface area contributed by atoms with Crippen LogP contribution in [0.3, 0.4) is 0 Å². The molecule has 1 N–H and O–H groups in total. The Balaban J connectivity index is 1.89. The highest BCUT2D eigenvalue weighted by Crippen LogP contribution is 2.31. The van der Waals surface area contributed by atoms with Crippen LogP contribution < -0.4 is 9.62 Å². The second-order valence-corrected chi connectivity index (χ2v) is 12.1. The SMILES string of the molecule is Cc1ccc(S(=O)(=O)N(CC(=O)N[C@@H](C)c2ccc(C(C)(C)C)cc2)c2cccc(Cl)c2C)cc1. The predicted molar refractivity (Wildman–Crippen MR) is 144 cm³/mol. The topological polar surface area (TPSA) is 66.5 Å². The Kier molecular flexibility index (Phi) is 7.97. The smallest absolute Gasteiger partial charge is 0.264 e. The molecule has 186 valence electrons. The van der Waals surface area contributed by atoms with Crippen molar-refractivity contribution in [3.8, 4) is 0 Å². The summed E-state index contributed by atoms with van der Waals surface area (Å²) in [6, 6.07) is 19.4. The van der Waals surface area contributed by atoms with Crippen molar-refractivity contribution >= 4 is 33.2 Å². The van der Waals surface area contributed by atoms with Crippen LogP contribution in [0.15, 0.2) is 71.6 Å². The lowest BCUT2D eigenvalue weighted by Gasteiger charge is -2.27. The normalized spacial score (nSPS) is 12.8. The molecule has 0 aliphatic heterocycles. The maximum atomic E-state index is 13.6. The zero-order chi connectivity index (χ0) is 26.0. The minimum Gasteiger partial charge on any atom is -0.348 e. The summed E-state index contributed by atoms with van der Waals surface area (Å²) in [5, 5.41) is 3.37. The van der Waals surface area contributed by atoms with E-state index in [4.69, 9.17) is 11.6 Å². The first kappa shape index (κ1) is 26.8. The standard InChI is InChI=1S/C28H33ClN2O3S/c1-19-10-16-24(17-11-19)35(33,34)31(26-9-7-8-25(29)20(26)2)18-27(32)30-21(3)22-12-14-23(15-13-22)28(4,5)6/h7-17,21H,18H2,1-6H3,(H,30,32)/t21-/m0/s1. The van der Waals surface area contributed by atoms with Gasteiger partial charge in [0.15, 0.2) is 0 Å². The van der Waals surface area contributed by atoms with Crippen molar-refractivity contribution in [2.24, 2.45) is 0 Å². The number of benzene rings is 3. The molecule has 3 rings (SSSR count). The van der Waals surface area contributed by atoms with Crippen molar-refractivity contribution in [2.45, 2.75) is 57.9 Å². The number of aryl methyl sites for hydroxylation is 1. The molecule has 1 amide bonds. The molecular weight excluding hydrogens is 480 g/mol. The summed E-state index contributed by atoms with van der Waals surface area (Å²) in [6.45, 7) is 11.6. The van der Waals surface area contributed by atoms with E-state index in [0.29, 0.717) is 16.3 Å². The number of halogens is 1. The first-order chi connectivity index (χ1) is 16.3. The summed E-state index contributed by atoms with van der Waals surface area (Å²) in [4.78, 5) is 13.2. The molecule has 0 saturated heterocycles. The maximum absolute atomic E-state index is 13.6. The molecule has 0 fully saturated rings. The van der Waals surface area contributed by atoms with Crippen LogP contribution >= 0.6 is 11.6 Å². The second-order valence-electron chi connectivity index (χ2n) is 9.87. The van der Waals surface area contributed by atoms with Crippen LogP contribution in [0, 0.1) is 13.8 Å². The van der Waals surface area contributed by atoms with Gasteiger partial charge in [0.2, 0.25) is 5.91 Å². The third-order valence-electron chi connectivity index (χ3n) is 6.06. The molecule has 1 atom stereocenters. The number of rotatable bonds is 7. The van der Waals surface area contributed by atoms with Crippen molar-refractivity contribution in [3.05, 3.63) is 94.0 Å². The summed E-state index contributed by atoms with van der Waals surface area (Å²) in [5.74, 6) is -0.410. The van der Waals surface area contributed by atoms with Crippen molar-refractivity contribution in [1.29, 1.82) is 0 Å². The fourth-order valence-corrected chi connectivity index (χ4v) is 5.42. The van der Waals surface area contributed by atoms with Gasteiger partial charge in [-0.1, -0.05) is 80.4 Å². The quantitative estimate of drug-likeness (QED) is 0.402. The third kappa shape index (κ3) is 6.24. The van der Waals surface area contributed by atoms with Gasteiger partial charge in [-0.2, -0.15) is 0 Å². The Labute approximate surface area is 214 Å². The molecule has 0 aliphatic carbocycles. The monoisotopic (exact) mass is 512 g/mol. The fraction of sp³-hybridized carbons (Fsp3) is 0.321. The first-order valence-corrected chi connectivity index (χ1v) is 13.4. The summed E-state index contributed by atoms with van der Waals surface area (Å²) < 4.78 is 28.4. The van der Waals surface area contributed by atoms with E-state index in [1.54, 1.807) is 49.4 Å². The zero-order valence-corrected chi connectivity index (χ0v) is 22.7. The van der Waals surface area contributed by atoms with Gasteiger partial charge in [0.25, 0.3) is 10.0 Å². The molecule has 3 aromatic carbocycles. The largest absolute Gasteiger partial charge is 0.348 e. The van der Waals surface area contributed by atoms with E-state index in [9.17, 15) is 13.2 Å². The minimum absolute atomic E-state index is 0.0324. The number of nitrogens with one attached hydrogen (secondary N) is 1. The first-order valence-electron chi connectivity index (χ1n) is 11.5. The molecule has 0 aromatic heterocycles. The van der Waals surface area contributed by atoms with E-state index in [0.717, 1.165) is 15.4 Å². The molecule has 0 bridgehead atoms. The van der Waals surface area contributed by atoms with Crippen LogP contribution in [0.2, 0.25) is 5.02 Å². The van der Waals surface area contributed by atoms with Crippen LogP contribution in [0.1, 0.15) is 56.0 Å². The Morgan fingerprint density at radius 3 is 2.14 bits per heavy atom. The molecule has 7 heteroatoms. The molecule has 0 unspecified atom stereocenters. The Morgan fingerprint density at radius 2 is 1.57 bits per heavy atom. The van der Waals surface area contributed by atoms with Gasteiger partial charge in [-0.3, -0.25) is 9.10 Å². The molecule has 3 aromatic rings. The lowest BCUT2D eigenvalue weighted by atomic mass is 9.86. The summed E-state index contributed by atoms with van der Waals surface area (Å²) in [7, 11) is -4.01. The number of sulfonamides is 1. The van der Waals surface area contributed by atoms with Gasteiger partial charge >= 0.3 is 0 Å². The molecule has 5 nitrogen and oxygen atoms in total. The summed E-state index contributed by atoms with van der Waals surface area (Å²) in [6.07, 6.45) is 0. The van der Waals surface area contributed by atoms with Gasteiger partial charge in [-0.25, -0.2) is 8.42 Å². The van der Waals surface area contributed by atoms with Crippen molar-refractivity contribution in [3.63, 3.8) is 0 Å². The average molecular weight is 513 g/mol. The lowest BCUT2D eigenvalue weighted by Crippen LogP contribution is -2.42. The van der Waals surface area contributed by atoms with E-state index >= 15 is 0 Å². The molecule has 0 aliphatic rings. The maximum Gasteiger partial charge on any atom is 0.264 e. The average Bonchev–Trinajstić information content (AvgIpc) is 2.79. The Morgan fingerprint density at radius 1 is 0.971 bits per heavy atom. The molecule has 0 spiro atoms. The summed E-state index contributed by atoms with van der Waals surface area (Å²) >= 11 is 6.30.